The van der Waals surface area contributed by atoms with Gasteiger partial charge in [0.05, 0.1) is 10.6 Å². The molecule has 45 heavy (non-hydrogen) atoms. The number of hydrogen-bond donors (Lipinski definition) is 1. The molecule has 0 bridgehead atoms. The zero-order chi connectivity index (χ0) is 32.6. The van der Waals surface area contributed by atoms with Gasteiger partial charge in [0.2, 0.25) is 11.8 Å². The van der Waals surface area contributed by atoms with Gasteiger partial charge in [0, 0.05) is 24.5 Å². The number of rotatable bonds is 13. The standard InChI is InChI=1S/C36H40ClN3O4S/c1-26(2)23-38-36(42)34(21-29-14-7-5-8-15-29)39(24-30-16-12-11-13-27(30)3)35(41)25-40(31-20-19-28(4)33(37)22-31)45(43,44)32-17-9-6-10-18-32/h5-20,22,26,34H,21,23-25H2,1-4H3,(H,38,42)/t34-/m0/s1. The lowest BCUT2D eigenvalue weighted by Crippen LogP contribution is -2.53. The summed E-state index contributed by atoms with van der Waals surface area (Å²) in [5.41, 5.74) is 3.72. The van der Waals surface area contributed by atoms with Crippen LogP contribution in [0.1, 0.15) is 36.1 Å². The van der Waals surface area contributed by atoms with Crippen LogP contribution in [0.5, 0.6) is 0 Å². The molecule has 0 aromatic heterocycles. The summed E-state index contributed by atoms with van der Waals surface area (Å²) >= 11 is 6.45. The van der Waals surface area contributed by atoms with Gasteiger partial charge in [0.15, 0.2) is 0 Å². The Balaban J connectivity index is 1.82. The first-order valence-electron chi connectivity index (χ1n) is 15.0. The van der Waals surface area contributed by atoms with Crippen molar-refractivity contribution in [2.45, 2.75) is 51.6 Å². The normalized spacial score (nSPS) is 12.0. The van der Waals surface area contributed by atoms with Crippen molar-refractivity contribution in [3.05, 3.63) is 130 Å². The van der Waals surface area contributed by atoms with Crippen LogP contribution < -0.4 is 9.62 Å². The van der Waals surface area contributed by atoms with Crippen LogP contribution in [-0.4, -0.2) is 44.3 Å². The van der Waals surface area contributed by atoms with Crippen molar-refractivity contribution in [2.24, 2.45) is 5.92 Å². The molecule has 9 heteroatoms. The lowest BCUT2D eigenvalue weighted by Gasteiger charge is -2.34. The van der Waals surface area contributed by atoms with Gasteiger partial charge in [0.25, 0.3) is 10.0 Å². The summed E-state index contributed by atoms with van der Waals surface area (Å²) in [6, 6.07) is 29.2. The molecule has 4 aromatic rings. The fourth-order valence-corrected chi connectivity index (χ4v) is 6.53. The van der Waals surface area contributed by atoms with Crippen LogP contribution >= 0.6 is 11.6 Å². The number of aryl methyl sites for hydroxylation is 2. The quantitative estimate of drug-likeness (QED) is 0.178. The number of halogens is 1. The summed E-state index contributed by atoms with van der Waals surface area (Å²) in [7, 11) is -4.19. The van der Waals surface area contributed by atoms with Crippen LogP contribution in [0, 0.1) is 19.8 Å². The van der Waals surface area contributed by atoms with E-state index in [4.69, 9.17) is 11.6 Å². The Morgan fingerprint density at radius 3 is 2.07 bits per heavy atom. The van der Waals surface area contributed by atoms with Gasteiger partial charge >= 0.3 is 0 Å². The Hall–Kier alpha value is -4.14. The van der Waals surface area contributed by atoms with Gasteiger partial charge in [-0.25, -0.2) is 8.42 Å². The van der Waals surface area contributed by atoms with Gasteiger partial charge in [-0.15, -0.1) is 0 Å². The molecule has 0 radical (unpaired) electrons. The molecule has 0 aliphatic carbocycles. The van der Waals surface area contributed by atoms with E-state index in [1.165, 1.54) is 17.0 Å². The topological polar surface area (TPSA) is 86.8 Å². The van der Waals surface area contributed by atoms with E-state index >= 15 is 0 Å². The average Bonchev–Trinajstić information content (AvgIpc) is 3.03. The molecule has 0 aliphatic heterocycles. The second-order valence-electron chi connectivity index (χ2n) is 11.6. The first-order valence-corrected chi connectivity index (χ1v) is 16.8. The van der Waals surface area contributed by atoms with E-state index in [0.29, 0.717) is 11.6 Å². The van der Waals surface area contributed by atoms with Crippen molar-refractivity contribution in [3.8, 4) is 0 Å². The Morgan fingerprint density at radius 1 is 0.822 bits per heavy atom. The highest BCUT2D eigenvalue weighted by Gasteiger charge is 2.35. The summed E-state index contributed by atoms with van der Waals surface area (Å²) in [5.74, 6) is -0.620. The number of amides is 2. The van der Waals surface area contributed by atoms with E-state index in [1.54, 1.807) is 36.4 Å². The van der Waals surface area contributed by atoms with Crippen LogP contribution in [0.25, 0.3) is 0 Å². The molecule has 0 saturated heterocycles. The van der Waals surface area contributed by atoms with Crippen LogP contribution in [0.15, 0.2) is 108 Å². The molecule has 1 N–H and O–H groups in total. The van der Waals surface area contributed by atoms with Gasteiger partial charge in [-0.2, -0.15) is 0 Å². The van der Waals surface area contributed by atoms with E-state index < -0.39 is 28.5 Å². The Bertz CT molecular complexity index is 1710. The summed E-state index contributed by atoms with van der Waals surface area (Å²) in [6.45, 7) is 7.79. The van der Waals surface area contributed by atoms with Crippen molar-refractivity contribution in [1.29, 1.82) is 0 Å². The second-order valence-corrected chi connectivity index (χ2v) is 13.8. The van der Waals surface area contributed by atoms with Crippen molar-refractivity contribution in [1.82, 2.24) is 10.2 Å². The summed E-state index contributed by atoms with van der Waals surface area (Å²) in [6.07, 6.45) is 0.254. The maximum absolute atomic E-state index is 14.6. The highest BCUT2D eigenvalue weighted by molar-refractivity contribution is 7.92. The number of carbonyl (C=O) groups is 2. The fourth-order valence-electron chi connectivity index (χ4n) is 4.93. The van der Waals surface area contributed by atoms with Gasteiger partial charge in [-0.05, 0) is 66.3 Å². The molecule has 236 valence electrons. The van der Waals surface area contributed by atoms with Crippen molar-refractivity contribution >= 4 is 39.1 Å². The first kappa shape index (κ1) is 33.7. The monoisotopic (exact) mass is 645 g/mol. The van der Waals surface area contributed by atoms with Gasteiger partial charge in [0.1, 0.15) is 12.6 Å². The number of hydrogen-bond acceptors (Lipinski definition) is 4. The van der Waals surface area contributed by atoms with Crippen molar-refractivity contribution in [2.75, 3.05) is 17.4 Å². The number of nitrogens with one attached hydrogen (secondary N) is 1. The molecule has 0 aliphatic rings. The van der Waals surface area contributed by atoms with Crippen LogP contribution in [-0.2, 0) is 32.6 Å². The highest BCUT2D eigenvalue weighted by Crippen LogP contribution is 2.29. The van der Waals surface area contributed by atoms with E-state index in [-0.39, 0.29) is 35.4 Å². The van der Waals surface area contributed by atoms with Crippen LogP contribution in [0.3, 0.4) is 0 Å². The molecule has 4 rings (SSSR count). The van der Waals surface area contributed by atoms with Gasteiger partial charge in [-0.3, -0.25) is 13.9 Å². The minimum absolute atomic E-state index is 0.0375. The van der Waals surface area contributed by atoms with E-state index in [0.717, 1.165) is 26.6 Å². The molecule has 0 fully saturated rings. The second kappa shape index (κ2) is 15.2. The molecule has 1 atom stereocenters. The largest absolute Gasteiger partial charge is 0.354 e. The maximum atomic E-state index is 14.6. The zero-order valence-corrected chi connectivity index (χ0v) is 27.7. The van der Waals surface area contributed by atoms with Gasteiger partial charge in [-0.1, -0.05) is 104 Å². The smallest absolute Gasteiger partial charge is 0.264 e. The zero-order valence-electron chi connectivity index (χ0n) is 26.1. The molecule has 4 aromatic carbocycles. The number of sulfonamides is 1. The molecular formula is C36H40ClN3O4S. The van der Waals surface area contributed by atoms with E-state index in [1.807, 2.05) is 82.3 Å². The molecule has 7 nitrogen and oxygen atoms in total. The third kappa shape index (κ3) is 8.74. The Kier molecular flexibility index (Phi) is 11.4. The molecule has 0 heterocycles. The fraction of sp³-hybridized carbons (Fsp3) is 0.278. The molecule has 0 saturated carbocycles. The van der Waals surface area contributed by atoms with E-state index in [9.17, 15) is 18.0 Å². The maximum Gasteiger partial charge on any atom is 0.264 e. The number of nitrogens with zero attached hydrogens (tertiary/aromatic N) is 2. The molecule has 0 unspecified atom stereocenters. The predicted octanol–water partition coefficient (Wildman–Crippen LogP) is 6.56. The lowest BCUT2D eigenvalue weighted by molar-refractivity contribution is -0.140. The third-order valence-corrected chi connectivity index (χ3v) is 9.81. The van der Waals surface area contributed by atoms with Crippen molar-refractivity contribution in [3.63, 3.8) is 0 Å². The van der Waals surface area contributed by atoms with Crippen LogP contribution in [0.4, 0.5) is 5.69 Å². The average molecular weight is 646 g/mol. The first-order chi connectivity index (χ1) is 21.5. The van der Waals surface area contributed by atoms with Crippen LogP contribution in [0.2, 0.25) is 5.02 Å². The van der Waals surface area contributed by atoms with Gasteiger partial charge < -0.3 is 10.2 Å². The third-order valence-electron chi connectivity index (χ3n) is 7.61. The minimum Gasteiger partial charge on any atom is -0.354 e. The SMILES string of the molecule is Cc1ccc(N(CC(=O)N(Cc2ccccc2C)[C@@H](Cc2ccccc2)C(=O)NCC(C)C)S(=O)(=O)c2ccccc2)cc1Cl. The Labute approximate surface area is 271 Å². The van der Waals surface area contributed by atoms with E-state index in [2.05, 4.69) is 5.32 Å². The lowest BCUT2D eigenvalue weighted by atomic mass is 10.0. The number of benzene rings is 4. The highest BCUT2D eigenvalue weighted by atomic mass is 35.5. The molecule has 0 spiro atoms. The number of carbonyl (C=O) groups excluding carboxylic acids is 2. The molecule has 2 amide bonds. The summed E-state index contributed by atoms with van der Waals surface area (Å²) in [5, 5.41) is 3.39. The Morgan fingerprint density at radius 2 is 1.44 bits per heavy atom. The summed E-state index contributed by atoms with van der Waals surface area (Å²) < 4.78 is 29.3. The number of anilines is 1. The molecular weight excluding hydrogens is 606 g/mol. The van der Waals surface area contributed by atoms with Crippen molar-refractivity contribution < 1.29 is 18.0 Å². The summed E-state index contributed by atoms with van der Waals surface area (Å²) in [4.78, 5) is 30.0. The minimum atomic E-state index is -4.19. The predicted molar refractivity (Wildman–Crippen MR) is 181 cm³/mol.